The minimum atomic E-state index is -0.601. The van der Waals surface area contributed by atoms with Gasteiger partial charge >= 0.3 is 0 Å². The predicted octanol–water partition coefficient (Wildman–Crippen LogP) is 6.75. The van der Waals surface area contributed by atoms with Crippen LogP contribution in [0, 0.1) is 26.6 Å². The monoisotopic (exact) mass is 1030 g/mol. The normalized spacial score (nSPS) is 11.2. The van der Waals surface area contributed by atoms with E-state index in [0.29, 0.717) is 63.1 Å². The van der Waals surface area contributed by atoms with Crippen LogP contribution in [0.2, 0.25) is 10.3 Å². The Kier molecular flexibility index (Phi) is 15.2. The van der Waals surface area contributed by atoms with Crippen molar-refractivity contribution in [1.29, 1.82) is 0 Å². The first kappa shape index (κ1) is 52.5. The lowest BCUT2D eigenvalue weighted by Crippen LogP contribution is -2.25. The number of aromatic amines is 1. The van der Waals surface area contributed by atoms with E-state index in [1.807, 2.05) is 74.7 Å². The van der Waals surface area contributed by atoms with E-state index in [4.69, 9.17) is 23.2 Å². The third kappa shape index (κ3) is 11.7. The number of hydrogen-bond acceptors (Lipinski definition) is 15. The molecular formula is C48H53Cl2FN18O4. The zero-order valence-corrected chi connectivity index (χ0v) is 43.6. The average molecular weight is 1040 g/mol. The summed E-state index contributed by atoms with van der Waals surface area (Å²) < 4.78 is 23.4. The van der Waals surface area contributed by atoms with E-state index in [1.54, 1.807) is 53.9 Å². The van der Waals surface area contributed by atoms with Gasteiger partial charge in [0.1, 0.15) is 22.9 Å². The summed E-state index contributed by atoms with van der Waals surface area (Å²) in [6, 6.07) is 15.0. The van der Waals surface area contributed by atoms with Crippen molar-refractivity contribution in [3.8, 4) is 17.1 Å². The molecule has 8 aromatic heterocycles. The fourth-order valence-corrected chi connectivity index (χ4v) is 7.81. The summed E-state index contributed by atoms with van der Waals surface area (Å²) in [4.78, 5) is 54.3. The Bertz CT molecular complexity index is 3750. The minimum Gasteiger partial charge on any atom is -0.334 e. The van der Waals surface area contributed by atoms with Gasteiger partial charge in [-0.05, 0) is 62.4 Å². The number of H-pyrrole nitrogens is 1. The Hall–Kier alpha value is -8.31. The maximum absolute atomic E-state index is 15.3. The van der Waals surface area contributed by atoms with E-state index in [9.17, 15) is 19.2 Å². The third-order valence-corrected chi connectivity index (χ3v) is 11.8. The van der Waals surface area contributed by atoms with Gasteiger partial charge in [-0.1, -0.05) is 50.9 Å². The average Bonchev–Trinajstić information content (AvgIpc) is 3.99. The SMILES string of the molecule is CCc1c(-c2cc(Nc3cc(C)n(C)n3)c(=O)n(C)n2)ccnc1-n1ncc2cc(C(C)(C)C)cc(F)c2c1=O.Cc1cc(Nc2cc(Cl)nn(C)c2=O)n[nH]1.Cc1cc(Nc2cc(Cl)nn(C)c2=O)nn1C. The molecule has 0 fully saturated rings. The highest BCUT2D eigenvalue weighted by Crippen LogP contribution is 2.30. The second-order valence-electron chi connectivity index (χ2n) is 17.9. The maximum Gasteiger partial charge on any atom is 0.290 e. The van der Waals surface area contributed by atoms with Crippen LogP contribution in [0.1, 0.15) is 55.9 Å². The van der Waals surface area contributed by atoms with Crippen LogP contribution in [0.5, 0.6) is 0 Å². The molecule has 380 valence electrons. The quantitative estimate of drug-likeness (QED) is 0.117. The molecule has 4 N–H and O–H groups in total. The molecule has 0 saturated heterocycles. The molecule has 0 atom stereocenters. The lowest BCUT2D eigenvalue weighted by molar-refractivity contribution is 0.576. The number of halogens is 3. The van der Waals surface area contributed by atoms with Crippen molar-refractivity contribution in [2.75, 3.05) is 16.0 Å². The molecule has 9 aromatic rings. The number of hydrogen-bond donors (Lipinski definition) is 4. The van der Waals surface area contributed by atoms with E-state index in [2.05, 4.69) is 61.7 Å². The van der Waals surface area contributed by atoms with Gasteiger partial charge < -0.3 is 16.0 Å². The lowest BCUT2D eigenvalue weighted by Gasteiger charge is -2.20. The molecule has 0 spiro atoms. The fraction of sp³-hybridized carbons (Fsp3) is 0.292. The summed E-state index contributed by atoms with van der Waals surface area (Å²) in [5.74, 6) is 1.37. The summed E-state index contributed by atoms with van der Waals surface area (Å²) in [6.45, 7) is 13.6. The second-order valence-corrected chi connectivity index (χ2v) is 18.7. The molecule has 0 unspecified atom stereocenters. The molecule has 0 bridgehead atoms. The zero-order valence-electron chi connectivity index (χ0n) is 42.1. The first-order valence-corrected chi connectivity index (χ1v) is 23.3. The van der Waals surface area contributed by atoms with Gasteiger partial charge in [-0.2, -0.15) is 40.4 Å². The first-order chi connectivity index (χ1) is 34.4. The Labute approximate surface area is 426 Å². The van der Waals surface area contributed by atoms with E-state index in [1.165, 1.54) is 45.5 Å². The molecule has 0 saturated carbocycles. The largest absolute Gasteiger partial charge is 0.334 e. The standard InChI is InChI=1S/C29H31FN8O2.C10H12ClN5O.C9H10ClN5O/c1-8-19-20(22-14-23(27(39)37(7)34-22)33-24-11-16(2)36(6)35-24)9-10-31-26(19)38-28(40)25-17(15-32-38)12-18(13-21(25)30)29(3,4)5;1-6-4-9(14-15(6)2)12-7-5-8(11)13-16(3)10(7)17;1-5-3-8(13-12-5)11-6-4-7(10)14-15(2)9(6)16/h9-15H,8H2,1-7H3,(H,33,35);4-5H,1-3H3,(H,12,14);3-4H,1-2H3,(H2,11,12,13). The van der Waals surface area contributed by atoms with Crippen LogP contribution in [0.15, 0.2) is 86.2 Å². The summed E-state index contributed by atoms with van der Waals surface area (Å²) >= 11 is 11.5. The fourth-order valence-electron chi connectivity index (χ4n) is 7.36. The minimum absolute atomic E-state index is 0.0466. The molecule has 0 radical (unpaired) electrons. The number of nitrogens with one attached hydrogen (secondary N) is 4. The Morgan fingerprint density at radius 2 is 1.16 bits per heavy atom. The molecule has 22 nitrogen and oxygen atoms in total. The molecule has 0 amide bonds. The number of benzene rings is 1. The number of anilines is 6. The van der Waals surface area contributed by atoms with Gasteiger partial charge in [0, 0.05) is 105 Å². The zero-order chi connectivity index (χ0) is 53.2. The highest BCUT2D eigenvalue weighted by molar-refractivity contribution is 6.29. The summed E-state index contributed by atoms with van der Waals surface area (Å²) in [5, 5.41) is 41.5. The molecule has 1 aromatic carbocycles. The van der Waals surface area contributed by atoms with Crippen molar-refractivity contribution in [3.05, 3.63) is 153 Å². The van der Waals surface area contributed by atoms with Crippen LogP contribution < -0.4 is 38.2 Å². The highest BCUT2D eigenvalue weighted by Gasteiger charge is 2.22. The predicted molar refractivity (Wildman–Crippen MR) is 280 cm³/mol. The van der Waals surface area contributed by atoms with E-state index < -0.39 is 11.4 Å². The number of aryl methyl sites for hydroxylation is 8. The van der Waals surface area contributed by atoms with Crippen LogP contribution in [0.3, 0.4) is 0 Å². The third-order valence-electron chi connectivity index (χ3n) is 11.4. The molecule has 8 heterocycles. The lowest BCUT2D eigenvalue weighted by atomic mass is 9.86. The van der Waals surface area contributed by atoms with Crippen LogP contribution in [0.25, 0.3) is 27.8 Å². The molecular weight excluding hydrogens is 983 g/mol. The number of rotatable bonds is 9. The molecule has 25 heteroatoms. The maximum atomic E-state index is 15.3. The number of nitrogens with zero attached hydrogens (tertiary/aromatic N) is 14. The molecule has 73 heavy (non-hydrogen) atoms. The van der Waals surface area contributed by atoms with Gasteiger partial charge in [0.2, 0.25) is 0 Å². The van der Waals surface area contributed by atoms with Gasteiger partial charge in [-0.25, -0.2) is 23.4 Å². The number of pyridine rings is 1. The van der Waals surface area contributed by atoms with Gasteiger partial charge in [-0.3, -0.25) is 33.6 Å². The molecule has 9 rings (SSSR count). The van der Waals surface area contributed by atoms with Crippen molar-refractivity contribution in [3.63, 3.8) is 0 Å². The summed E-state index contributed by atoms with van der Waals surface area (Å²) in [7, 11) is 8.30. The number of fused-ring (bicyclic) bond motifs is 1. The Morgan fingerprint density at radius 1 is 0.644 bits per heavy atom. The van der Waals surface area contributed by atoms with E-state index >= 15 is 4.39 Å². The Morgan fingerprint density at radius 3 is 1.64 bits per heavy atom. The van der Waals surface area contributed by atoms with Crippen LogP contribution >= 0.6 is 23.2 Å². The van der Waals surface area contributed by atoms with Gasteiger partial charge in [0.25, 0.3) is 22.2 Å². The van der Waals surface area contributed by atoms with Gasteiger partial charge in [-0.15, -0.1) is 0 Å². The smallest absolute Gasteiger partial charge is 0.290 e. The summed E-state index contributed by atoms with van der Waals surface area (Å²) in [5.41, 5.74) is 4.70. The van der Waals surface area contributed by atoms with Crippen molar-refractivity contribution < 1.29 is 4.39 Å². The van der Waals surface area contributed by atoms with Gasteiger partial charge in [0.15, 0.2) is 33.6 Å². The van der Waals surface area contributed by atoms with Gasteiger partial charge in [0.05, 0.1) is 17.3 Å². The molecule has 0 aliphatic rings. The van der Waals surface area contributed by atoms with Crippen molar-refractivity contribution in [2.45, 2.75) is 60.3 Å². The summed E-state index contributed by atoms with van der Waals surface area (Å²) in [6.07, 6.45) is 3.51. The first-order valence-electron chi connectivity index (χ1n) is 22.5. The van der Waals surface area contributed by atoms with Crippen molar-refractivity contribution in [2.24, 2.45) is 35.2 Å². The number of aromatic nitrogens is 15. The van der Waals surface area contributed by atoms with Crippen molar-refractivity contribution >= 4 is 68.5 Å². The molecule has 0 aliphatic heterocycles. The second kappa shape index (κ2) is 21.2. The van der Waals surface area contributed by atoms with E-state index in [0.717, 1.165) is 27.3 Å². The highest BCUT2D eigenvalue weighted by atomic mass is 35.5. The van der Waals surface area contributed by atoms with Crippen LogP contribution in [-0.4, -0.2) is 73.9 Å². The topological polar surface area (TPSA) is 253 Å². The van der Waals surface area contributed by atoms with Crippen LogP contribution in [0.4, 0.5) is 38.9 Å². The Balaban J connectivity index is 0.000000193. The van der Waals surface area contributed by atoms with Crippen LogP contribution in [-0.2, 0) is 47.1 Å². The van der Waals surface area contributed by atoms with Crippen molar-refractivity contribution in [1.82, 2.24) is 73.9 Å². The molecule has 0 aliphatic carbocycles. The van der Waals surface area contributed by atoms with E-state index in [-0.39, 0.29) is 43.6 Å².